The highest BCUT2D eigenvalue weighted by Crippen LogP contribution is 2.22. The minimum Gasteiger partial charge on any atom is -0.292 e. The molecular formula is C18H11Cl2FN2O2. The molecule has 25 heavy (non-hydrogen) atoms. The van der Waals surface area contributed by atoms with E-state index in [1.165, 1.54) is 36.4 Å². The van der Waals surface area contributed by atoms with Crippen molar-refractivity contribution in [3.05, 3.63) is 86.4 Å². The highest BCUT2D eigenvalue weighted by molar-refractivity contribution is 6.36. The van der Waals surface area contributed by atoms with Gasteiger partial charge >= 0.3 is 0 Å². The third-order valence-electron chi connectivity index (χ3n) is 3.54. The smallest absolute Gasteiger partial charge is 0.267 e. The largest absolute Gasteiger partial charge is 0.292 e. The number of benzene rings is 2. The number of Topliss-reactive ketones (excluding diaryl/α,β-unsaturated/α-hetero) is 1. The molecule has 0 bridgehead atoms. The van der Waals surface area contributed by atoms with Crippen LogP contribution in [0.15, 0.2) is 59.4 Å². The molecule has 0 saturated carbocycles. The van der Waals surface area contributed by atoms with Gasteiger partial charge in [0.05, 0.1) is 10.7 Å². The number of nitrogens with zero attached hydrogens (tertiary/aromatic N) is 2. The van der Waals surface area contributed by atoms with Crippen LogP contribution in [0.2, 0.25) is 10.0 Å². The summed E-state index contributed by atoms with van der Waals surface area (Å²) in [6.07, 6.45) is 0. The van der Waals surface area contributed by atoms with Crippen molar-refractivity contribution < 1.29 is 9.18 Å². The first-order valence-electron chi connectivity index (χ1n) is 7.27. The summed E-state index contributed by atoms with van der Waals surface area (Å²) >= 11 is 11.8. The normalized spacial score (nSPS) is 10.7. The molecule has 1 aromatic heterocycles. The van der Waals surface area contributed by atoms with Crippen molar-refractivity contribution in [2.24, 2.45) is 0 Å². The van der Waals surface area contributed by atoms with Gasteiger partial charge in [-0.2, -0.15) is 5.10 Å². The van der Waals surface area contributed by atoms with Crippen LogP contribution in [0.4, 0.5) is 4.39 Å². The minimum atomic E-state index is -0.474. The van der Waals surface area contributed by atoms with Crippen molar-refractivity contribution in [3.63, 3.8) is 0 Å². The molecule has 0 spiro atoms. The average molecular weight is 377 g/mol. The fourth-order valence-electron chi connectivity index (χ4n) is 2.31. The summed E-state index contributed by atoms with van der Waals surface area (Å²) in [7, 11) is 0. The van der Waals surface area contributed by atoms with E-state index >= 15 is 0 Å². The van der Waals surface area contributed by atoms with Gasteiger partial charge in [0, 0.05) is 22.2 Å². The Hall–Kier alpha value is -2.50. The van der Waals surface area contributed by atoms with Gasteiger partial charge in [-0.05, 0) is 36.4 Å². The summed E-state index contributed by atoms with van der Waals surface area (Å²) in [6.45, 7) is -0.317. The highest BCUT2D eigenvalue weighted by atomic mass is 35.5. The van der Waals surface area contributed by atoms with Crippen LogP contribution in [0.5, 0.6) is 0 Å². The fraction of sp³-hybridized carbons (Fsp3) is 0.0556. The Bertz CT molecular complexity index is 1020. The number of carbonyl (C=O) groups excluding carboxylic acids is 1. The Morgan fingerprint density at radius 3 is 2.56 bits per heavy atom. The van der Waals surface area contributed by atoms with Crippen molar-refractivity contribution in [2.45, 2.75) is 6.54 Å². The molecule has 0 saturated heterocycles. The summed E-state index contributed by atoms with van der Waals surface area (Å²) in [5.41, 5.74) is 0.260. The Labute approximate surface area is 152 Å². The van der Waals surface area contributed by atoms with Crippen molar-refractivity contribution in [1.82, 2.24) is 9.78 Å². The fourth-order valence-corrected chi connectivity index (χ4v) is 2.83. The number of hydrogen-bond acceptors (Lipinski definition) is 3. The van der Waals surface area contributed by atoms with Gasteiger partial charge in [0.1, 0.15) is 12.4 Å². The van der Waals surface area contributed by atoms with Crippen molar-refractivity contribution in [1.29, 1.82) is 0 Å². The van der Waals surface area contributed by atoms with Crippen LogP contribution in [-0.2, 0) is 6.54 Å². The van der Waals surface area contributed by atoms with Gasteiger partial charge in [-0.25, -0.2) is 9.07 Å². The number of rotatable bonds is 4. The molecule has 0 aliphatic rings. The maximum atomic E-state index is 13.9. The van der Waals surface area contributed by atoms with Crippen LogP contribution in [-0.4, -0.2) is 15.6 Å². The van der Waals surface area contributed by atoms with Crippen LogP contribution in [0.1, 0.15) is 10.4 Å². The molecule has 1 heterocycles. The van der Waals surface area contributed by atoms with E-state index in [2.05, 4.69) is 5.10 Å². The third kappa shape index (κ3) is 3.78. The molecule has 3 aromatic rings. The van der Waals surface area contributed by atoms with E-state index in [4.69, 9.17) is 23.2 Å². The quantitative estimate of drug-likeness (QED) is 0.639. The first-order valence-corrected chi connectivity index (χ1v) is 8.02. The molecular weight excluding hydrogens is 366 g/mol. The monoisotopic (exact) mass is 376 g/mol. The lowest BCUT2D eigenvalue weighted by molar-refractivity contribution is 0.0966. The second-order valence-corrected chi connectivity index (χ2v) is 6.09. The summed E-state index contributed by atoms with van der Waals surface area (Å²) in [5.74, 6) is -0.866. The first kappa shape index (κ1) is 17.3. The topological polar surface area (TPSA) is 52.0 Å². The molecule has 0 atom stereocenters. The van der Waals surface area contributed by atoms with E-state index in [1.54, 1.807) is 18.2 Å². The maximum Gasteiger partial charge on any atom is 0.267 e. The SMILES string of the molecule is O=C(Cn1nc(-c2ccccc2F)ccc1=O)c1ccc(Cl)cc1Cl. The van der Waals surface area contributed by atoms with E-state index in [1.807, 2.05) is 0 Å². The molecule has 4 nitrogen and oxygen atoms in total. The van der Waals surface area contributed by atoms with Gasteiger partial charge in [0.2, 0.25) is 0 Å². The van der Waals surface area contributed by atoms with Crippen LogP contribution in [0.3, 0.4) is 0 Å². The number of halogens is 3. The molecule has 3 rings (SSSR count). The summed E-state index contributed by atoms with van der Waals surface area (Å²) < 4.78 is 14.9. The van der Waals surface area contributed by atoms with Crippen molar-refractivity contribution >= 4 is 29.0 Å². The average Bonchev–Trinajstić information content (AvgIpc) is 2.57. The maximum absolute atomic E-state index is 13.9. The molecule has 0 unspecified atom stereocenters. The van der Waals surface area contributed by atoms with E-state index < -0.39 is 17.2 Å². The Kier molecular flexibility index (Phi) is 4.97. The summed E-state index contributed by atoms with van der Waals surface area (Å²) in [5, 5.41) is 4.68. The lowest BCUT2D eigenvalue weighted by Gasteiger charge is -2.08. The zero-order valence-electron chi connectivity index (χ0n) is 12.7. The van der Waals surface area contributed by atoms with E-state index in [-0.39, 0.29) is 28.4 Å². The molecule has 0 fully saturated rings. The van der Waals surface area contributed by atoms with Crippen LogP contribution in [0.25, 0.3) is 11.3 Å². The van der Waals surface area contributed by atoms with Gasteiger partial charge < -0.3 is 0 Å². The summed E-state index contributed by atoms with van der Waals surface area (Å²) in [6, 6.07) is 13.2. The zero-order chi connectivity index (χ0) is 18.0. The Morgan fingerprint density at radius 2 is 1.84 bits per heavy atom. The lowest BCUT2D eigenvalue weighted by Crippen LogP contribution is -2.26. The number of carbonyl (C=O) groups is 1. The highest BCUT2D eigenvalue weighted by Gasteiger charge is 2.14. The van der Waals surface area contributed by atoms with Crippen LogP contribution >= 0.6 is 23.2 Å². The lowest BCUT2D eigenvalue weighted by atomic mass is 10.1. The second kappa shape index (κ2) is 7.17. The van der Waals surface area contributed by atoms with E-state index in [9.17, 15) is 14.0 Å². The molecule has 0 amide bonds. The Balaban J connectivity index is 1.95. The molecule has 2 aromatic carbocycles. The standard InChI is InChI=1S/C18H11Cl2FN2O2/c19-11-5-6-12(14(20)9-11)17(24)10-23-18(25)8-7-16(22-23)13-3-1-2-4-15(13)21/h1-9H,10H2. The molecule has 0 N–H and O–H groups in total. The van der Waals surface area contributed by atoms with Crippen LogP contribution < -0.4 is 5.56 Å². The van der Waals surface area contributed by atoms with Crippen molar-refractivity contribution in [2.75, 3.05) is 0 Å². The van der Waals surface area contributed by atoms with E-state index in [0.29, 0.717) is 5.02 Å². The van der Waals surface area contributed by atoms with Gasteiger partial charge in [0.25, 0.3) is 5.56 Å². The molecule has 0 radical (unpaired) electrons. The van der Waals surface area contributed by atoms with Crippen LogP contribution in [0, 0.1) is 5.82 Å². The third-order valence-corrected chi connectivity index (χ3v) is 4.09. The predicted molar refractivity (Wildman–Crippen MR) is 94.7 cm³/mol. The number of aromatic nitrogens is 2. The van der Waals surface area contributed by atoms with Gasteiger partial charge in [-0.3, -0.25) is 9.59 Å². The molecule has 0 aliphatic heterocycles. The predicted octanol–water partition coefficient (Wildman–Crippen LogP) is 4.24. The van der Waals surface area contributed by atoms with Gasteiger partial charge in [-0.1, -0.05) is 35.3 Å². The van der Waals surface area contributed by atoms with Gasteiger partial charge in [-0.15, -0.1) is 0 Å². The zero-order valence-corrected chi connectivity index (χ0v) is 14.3. The molecule has 126 valence electrons. The summed E-state index contributed by atoms with van der Waals surface area (Å²) in [4.78, 5) is 24.4. The second-order valence-electron chi connectivity index (χ2n) is 5.24. The van der Waals surface area contributed by atoms with E-state index in [0.717, 1.165) is 4.68 Å². The van der Waals surface area contributed by atoms with Crippen molar-refractivity contribution in [3.8, 4) is 11.3 Å². The first-order chi connectivity index (χ1) is 12.0. The van der Waals surface area contributed by atoms with Gasteiger partial charge in [0.15, 0.2) is 5.78 Å². The Morgan fingerprint density at radius 1 is 1.08 bits per heavy atom. The molecule has 7 heteroatoms. The minimum absolute atomic E-state index is 0.191. The molecule has 0 aliphatic carbocycles. The number of ketones is 1. The number of hydrogen-bond donors (Lipinski definition) is 0.